The van der Waals surface area contributed by atoms with E-state index in [9.17, 15) is 4.79 Å². The largest absolute Gasteiger partial charge is 0.496 e. The highest BCUT2D eigenvalue weighted by atomic mass is 35.5. The quantitative estimate of drug-likeness (QED) is 0.889. The van der Waals surface area contributed by atoms with Crippen LogP contribution in [0.4, 0.5) is 0 Å². The summed E-state index contributed by atoms with van der Waals surface area (Å²) in [5, 5.41) is 3.88. The minimum atomic E-state index is -0.00290. The van der Waals surface area contributed by atoms with Crippen LogP contribution in [-0.4, -0.2) is 43.6 Å². The lowest BCUT2D eigenvalue weighted by Gasteiger charge is -2.32. The molecule has 0 aromatic heterocycles. The molecule has 1 aromatic carbocycles. The smallest absolute Gasteiger partial charge is 0.257 e. The molecule has 1 amide bonds. The molecule has 0 bridgehead atoms. The maximum atomic E-state index is 12.4. The topological polar surface area (TPSA) is 41.6 Å². The molecule has 0 spiro atoms. The number of carbonyl (C=O) groups is 1. The number of benzene rings is 1. The molecule has 4 nitrogen and oxygen atoms in total. The first-order valence-electron chi connectivity index (χ1n) is 5.98. The van der Waals surface area contributed by atoms with E-state index in [0.29, 0.717) is 28.9 Å². The van der Waals surface area contributed by atoms with Crippen molar-refractivity contribution in [3.63, 3.8) is 0 Å². The summed E-state index contributed by atoms with van der Waals surface area (Å²) in [5.41, 5.74) is 0.566. The number of halogens is 1. The van der Waals surface area contributed by atoms with Crippen molar-refractivity contribution >= 4 is 17.5 Å². The molecule has 1 N–H and O–H groups in total. The molecular weight excluding hydrogens is 252 g/mol. The summed E-state index contributed by atoms with van der Waals surface area (Å²) in [4.78, 5) is 14.3. The van der Waals surface area contributed by atoms with Crippen LogP contribution in [-0.2, 0) is 0 Å². The fourth-order valence-electron chi connectivity index (χ4n) is 2.13. The Morgan fingerprint density at radius 2 is 2.33 bits per heavy atom. The van der Waals surface area contributed by atoms with Crippen molar-refractivity contribution in [1.29, 1.82) is 0 Å². The predicted octanol–water partition coefficient (Wildman–Crippen LogP) is 1.78. The summed E-state index contributed by atoms with van der Waals surface area (Å²) in [7, 11) is 1.54. The van der Waals surface area contributed by atoms with Crippen LogP contribution in [0.1, 0.15) is 17.3 Å². The summed E-state index contributed by atoms with van der Waals surface area (Å²) in [6, 6.07) is 5.42. The number of carbonyl (C=O) groups excluding carboxylic acids is 1. The zero-order chi connectivity index (χ0) is 13.1. The molecule has 1 aliphatic heterocycles. The fourth-order valence-corrected chi connectivity index (χ4v) is 2.29. The standard InChI is InChI=1S/C13H17ClN2O2/c1-9-8-16(6-5-15-9)13(17)11-4-3-10(14)7-12(11)18-2/h3-4,7,9,15H,5-6,8H2,1-2H3. The van der Waals surface area contributed by atoms with Crippen molar-refractivity contribution in [2.75, 3.05) is 26.7 Å². The maximum Gasteiger partial charge on any atom is 0.257 e. The van der Waals surface area contributed by atoms with Gasteiger partial charge in [-0.2, -0.15) is 0 Å². The van der Waals surface area contributed by atoms with Gasteiger partial charge in [0, 0.05) is 30.7 Å². The average Bonchev–Trinajstić information content (AvgIpc) is 2.37. The van der Waals surface area contributed by atoms with Gasteiger partial charge in [0.15, 0.2) is 0 Å². The number of rotatable bonds is 2. The van der Waals surface area contributed by atoms with E-state index in [1.807, 2.05) is 4.90 Å². The Labute approximate surface area is 112 Å². The average molecular weight is 269 g/mol. The van der Waals surface area contributed by atoms with Crippen LogP contribution in [0.15, 0.2) is 18.2 Å². The van der Waals surface area contributed by atoms with E-state index < -0.39 is 0 Å². The second-order valence-electron chi connectivity index (χ2n) is 4.45. The molecule has 98 valence electrons. The lowest BCUT2D eigenvalue weighted by Crippen LogP contribution is -2.51. The number of nitrogens with zero attached hydrogens (tertiary/aromatic N) is 1. The van der Waals surface area contributed by atoms with Crippen LogP contribution < -0.4 is 10.1 Å². The lowest BCUT2D eigenvalue weighted by molar-refractivity contribution is 0.0705. The van der Waals surface area contributed by atoms with Crippen molar-refractivity contribution < 1.29 is 9.53 Å². The molecule has 0 aliphatic carbocycles. The molecule has 0 radical (unpaired) electrons. The van der Waals surface area contributed by atoms with E-state index in [0.717, 1.165) is 13.1 Å². The fraction of sp³-hybridized carbons (Fsp3) is 0.462. The van der Waals surface area contributed by atoms with Gasteiger partial charge in [0.1, 0.15) is 5.75 Å². The summed E-state index contributed by atoms with van der Waals surface area (Å²) in [6.07, 6.45) is 0. The number of nitrogens with one attached hydrogen (secondary N) is 1. The van der Waals surface area contributed by atoms with Crippen molar-refractivity contribution in [3.8, 4) is 5.75 Å². The molecule has 1 aromatic rings. The van der Waals surface area contributed by atoms with Crippen molar-refractivity contribution in [3.05, 3.63) is 28.8 Å². The van der Waals surface area contributed by atoms with E-state index in [-0.39, 0.29) is 5.91 Å². The van der Waals surface area contributed by atoms with E-state index in [1.54, 1.807) is 25.3 Å². The third-order valence-electron chi connectivity index (χ3n) is 3.05. The zero-order valence-electron chi connectivity index (χ0n) is 10.6. The Balaban J connectivity index is 2.22. The second kappa shape index (κ2) is 5.59. The van der Waals surface area contributed by atoms with Gasteiger partial charge in [0.2, 0.25) is 0 Å². The molecule has 0 saturated carbocycles. The van der Waals surface area contributed by atoms with Crippen molar-refractivity contribution in [2.24, 2.45) is 0 Å². The number of amides is 1. The SMILES string of the molecule is COc1cc(Cl)ccc1C(=O)N1CCNC(C)C1. The molecule has 1 fully saturated rings. The normalized spacial score (nSPS) is 19.7. The van der Waals surface area contributed by atoms with Gasteiger partial charge >= 0.3 is 0 Å². The van der Waals surface area contributed by atoms with Gasteiger partial charge < -0.3 is 15.0 Å². The summed E-state index contributed by atoms with van der Waals surface area (Å²) in [6.45, 7) is 4.32. The van der Waals surface area contributed by atoms with E-state index in [4.69, 9.17) is 16.3 Å². The highest BCUT2D eigenvalue weighted by Gasteiger charge is 2.23. The Morgan fingerprint density at radius 1 is 1.56 bits per heavy atom. The van der Waals surface area contributed by atoms with E-state index in [2.05, 4.69) is 12.2 Å². The number of piperazine rings is 1. The molecule has 1 unspecified atom stereocenters. The predicted molar refractivity (Wildman–Crippen MR) is 71.4 cm³/mol. The molecular formula is C13H17ClN2O2. The van der Waals surface area contributed by atoms with Gasteiger partial charge in [-0.15, -0.1) is 0 Å². The van der Waals surface area contributed by atoms with Crippen LogP contribution in [0, 0.1) is 0 Å². The molecule has 1 heterocycles. The van der Waals surface area contributed by atoms with Crippen molar-refractivity contribution in [1.82, 2.24) is 10.2 Å². The van der Waals surface area contributed by atoms with Crippen LogP contribution in [0.5, 0.6) is 5.75 Å². The van der Waals surface area contributed by atoms with Gasteiger partial charge in [0.25, 0.3) is 5.91 Å². The van der Waals surface area contributed by atoms with Crippen LogP contribution >= 0.6 is 11.6 Å². The third kappa shape index (κ3) is 2.76. The van der Waals surface area contributed by atoms with Crippen LogP contribution in [0.2, 0.25) is 5.02 Å². The van der Waals surface area contributed by atoms with Gasteiger partial charge in [-0.25, -0.2) is 0 Å². The molecule has 1 aliphatic rings. The molecule has 5 heteroatoms. The highest BCUT2D eigenvalue weighted by molar-refractivity contribution is 6.30. The highest BCUT2D eigenvalue weighted by Crippen LogP contribution is 2.24. The van der Waals surface area contributed by atoms with Gasteiger partial charge in [-0.1, -0.05) is 11.6 Å². The van der Waals surface area contributed by atoms with Crippen molar-refractivity contribution in [2.45, 2.75) is 13.0 Å². The van der Waals surface area contributed by atoms with Crippen LogP contribution in [0.3, 0.4) is 0 Å². The monoisotopic (exact) mass is 268 g/mol. The van der Waals surface area contributed by atoms with Gasteiger partial charge in [-0.05, 0) is 25.1 Å². The number of hydrogen-bond donors (Lipinski definition) is 1. The Morgan fingerprint density at radius 3 is 3.00 bits per heavy atom. The van der Waals surface area contributed by atoms with E-state index >= 15 is 0 Å². The maximum absolute atomic E-state index is 12.4. The summed E-state index contributed by atoms with van der Waals surface area (Å²) < 4.78 is 5.22. The second-order valence-corrected chi connectivity index (χ2v) is 4.89. The number of ether oxygens (including phenoxy) is 1. The number of hydrogen-bond acceptors (Lipinski definition) is 3. The number of methoxy groups -OCH3 is 1. The molecule has 18 heavy (non-hydrogen) atoms. The van der Waals surface area contributed by atoms with Gasteiger partial charge in [0.05, 0.1) is 12.7 Å². The first-order chi connectivity index (χ1) is 8.61. The summed E-state index contributed by atoms with van der Waals surface area (Å²) in [5.74, 6) is 0.524. The first-order valence-corrected chi connectivity index (χ1v) is 6.36. The zero-order valence-corrected chi connectivity index (χ0v) is 11.3. The van der Waals surface area contributed by atoms with E-state index in [1.165, 1.54) is 0 Å². The Hall–Kier alpha value is -1.26. The van der Waals surface area contributed by atoms with Gasteiger partial charge in [-0.3, -0.25) is 4.79 Å². The minimum absolute atomic E-state index is 0.00290. The minimum Gasteiger partial charge on any atom is -0.496 e. The molecule has 1 atom stereocenters. The Bertz CT molecular complexity index is 451. The lowest BCUT2D eigenvalue weighted by atomic mass is 10.1. The summed E-state index contributed by atoms with van der Waals surface area (Å²) >= 11 is 5.89. The Kier molecular flexibility index (Phi) is 4.09. The molecule has 1 saturated heterocycles. The van der Waals surface area contributed by atoms with Crippen LogP contribution in [0.25, 0.3) is 0 Å². The third-order valence-corrected chi connectivity index (χ3v) is 3.29. The first kappa shape index (κ1) is 13.2. The molecule has 2 rings (SSSR count).